The number of rotatable bonds is 4. The first kappa shape index (κ1) is 27.2. The van der Waals surface area contributed by atoms with E-state index < -0.39 is 0 Å². The molecule has 226 valence electrons. The first-order chi connectivity index (χ1) is 23.8. The number of benzene rings is 6. The van der Waals surface area contributed by atoms with Crippen LogP contribution in [0, 0.1) is 0 Å². The fourth-order valence-corrected chi connectivity index (χ4v) is 8.62. The highest BCUT2D eigenvalue weighted by molar-refractivity contribution is 7.26. The SMILES string of the molecule is c1ccc(-c2nc(-c3ccccc3)nc(-c3cccc4c3sc3cc(-n5c6c(c7ccccc75)CCc5ccccc5-6)ccc34)n2)cc1. The van der Waals surface area contributed by atoms with Crippen LogP contribution in [0.2, 0.25) is 0 Å². The second-order valence-electron chi connectivity index (χ2n) is 12.3. The van der Waals surface area contributed by atoms with Gasteiger partial charge in [0.2, 0.25) is 0 Å². The maximum atomic E-state index is 5.06. The summed E-state index contributed by atoms with van der Waals surface area (Å²) >= 11 is 1.81. The lowest BCUT2D eigenvalue weighted by Crippen LogP contribution is -2.06. The zero-order chi connectivity index (χ0) is 31.6. The molecule has 0 saturated heterocycles. The minimum absolute atomic E-state index is 0.671. The van der Waals surface area contributed by atoms with E-state index in [0.29, 0.717) is 17.5 Å². The van der Waals surface area contributed by atoms with Gasteiger partial charge in [0, 0.05) is 53.5 Å². The Hall–Kier alpha value is -5.91. The Bertz CT molecular complexity index is 2610. The quantitative estimate of drug-likeness (QED) is 0.194. The van der Waals surface area contributed by atoms with E-state index in [1.165, 1.54) is 59.1 Å². The topological polar surface area (TPSA) is 43.6 Å². The van der Waals surface area contributed by atoms with Crippen LogP contribution in [-0.4, -0.2) is 19.5 Å². The van der Waals surface area contributed by atoms with Gasteiger partial charge in [0.25, 0.3) is 0 Å². The van der Waals surface area contributed by atoms with E-state index in [-0.39, 0.29) is 0 Å². The number of aromatic nitrogens is 4. The van der Waals surface area contributed by atoms with Gasteiger partial charge in [0.05, 0.1) is 11.2 Å². The normalized spacial score (nSPS) is 12.4. The zero-order valence-corrected chi connectivity index (χ0v) is 26.8. The molecule has 4 nitrogen and oxygen atoms in total. The van der Waals surface area contributed by atoms with Crippen LogP contribution in [0.15, 0.2) is 146 Å². The van der Waals surface area contributed by atoms with Gasteiger partial charge in [-0.15, -0.1) is 11.3 Å². The second kappa shape index (κ2) is 10.8. The summed E-state index contributed by atoms with van der Waals surface area (Å²) in [5, 5.41) is 3.80. The molecular weight excluding hydrogens is 605 g/mol. The minimum Gasteiger partial charge on any atom is -0.309 e. The molecule has 0 bridgehead atoms. The Labute approximate surface area is 281 Å². The van der Waals surface area contributed by atoms with Gasteiger partial charge in [-0.2, -0.15) is 0 Å². The van der Waals surface area contributed by atoms with Crippen LogP contribution in [0.4, 0.5) is 0 Å². The Morgan fingerprint density at radius 1 is 0.500 bits per heavy atom. The molecule has 6 aromatic carbocycles. The third-order valence-electron chi connectivity index (χ3n) is 9.58. The van der Waals surface area contributed by atoms with E-state index >= 15 is 0 Å². The number of hydrogen-bond donors (Lipinski definition) is 0. The van der Waals surface area contributed by atoms with E-state index in [1.807, 2.05) is 47.7 Å². The van der Waals surface area contributed by atoms with E-state index in [1.54, 1.807) is 0 Å². The molecular formula is C43H28N4S. The smallest absolute Gasteiger partial charge is 0.165 e. The van der Waals surface area contributed by atoms with Gasteiger partial charge in [-0.25, -0.2) is 15.0 Å². The van der Waals surface area contributed by atoms with Crippen molar-refractivity contribution in [3.63, 3.8) is 0 Å². The van der Waals surface area contributed by atoms with E-state index in [4.69, 9.17) is 15.0 Å². The van der Waals surface area contributed by atoms with Crippen LogP contribution < -0.4 is 0 Å². The highest BCUT2D eigenvalue weighted by atomic mass is 32.1. The molecule has 3 heterocycles. The van der Waals surface area contributed by atoms with Crippen LogP contribution in [-0.2, 0) is 12.8 Å². The molecule has 0 saturated carbocycles. The van der Waals surface area contributed by atoms with Crippen molar-refractivity contribution in [2.75, 3.05) is 0 Å². The summed E-state index contributed by atoms with van der Waals surface area (Å²) in [6.07, 6.45) is 2.13. The van der Waals surface area contributed by atoms with E-state index in [0.717, 1.165) is 29.5 Å². The van der Waals surface area contributed by atoms with Crippen molar-refractivity contribution < 1.29 is 0 Å². The van der Waals surface area contributed by atoms with Crippen molar-refractivity contribution in [3.8, 4) is 51.1 Å². The van der Waals surface area contributed by atoms with E-state index in [9.17, 15) is 0 Å². The summed E-state index contributed by atoms with van der Waals surface area (Å²) in [4.78, 5) is 15.0. The summed E-state index contributed by atoms with van der Waals surface area (Å²) in [6.45, 7) is 0. The van der Waals surface area contributed by atoms with Crippen LogP contribution in [0.5, 0.6) is 0 Å². The Kier molecular flexibility index (Phi) is 6.14. The Balaban J connectivity index is 1.18. The Morgan fingerprint density at radius 3 is 1.94 bits per heavy atom. The molecule has 0 atom stereocenters. The minimum atomic E-state index is 0.671. The third kappa shape index (κ3) is 4.25. The molecule has 1 aliphatic carbocycles. The molecule has 0 fully saturated rings. The lowest BCUT2D eigenvalue weighted by Gasteiger charge is -2.20. The molecule has 0 spiro atoms. The average Bonchev–Trinajstić information content (AvgIpc) is 3.71. The number of para-hydroxylation sites is 1. The van der Waals surface area contributed by atoms with Crippen LogP contribution >= 0.6 is 11.3 Å². The molecule has 5 heteroatoms. The summed E-state index contributed by atoms with van der Waals surface area (Å²) in [7, 11) is 0. The maximum absolute atomic E-state index is 5.06. The van der Waals surface area contributed by atoms with Gasteiger partial charge in [0.1, 0.15) is 0 Å². The first-order valence-corrected chi connectivity index (χ1v) is 17.2. The number of aryl methyl sites for hydroxylation is 2. The number of fused-ring (bicyclic) bond motifs is 8. The second-order valence-corrected chi connectivity index (χ2v) is 13.4. The van der Waals surface area contributed by atoms with Crippen molar-refractivity contribution in [3.05, 3.63) is 157 Å². The largest absolute Gasteiger partial charge is 0.309 e. The molecule has 1 aliphatic rings. The molecule has 0 aliphatic heterocycles. The third-order valence-corrected chi connectivity index (χ3v) is 10.8. The van der Waals surface area contributed by atoms with E-state index in [2.05, 4.69) is 114 Å². The molecule has 9 aromatic rings. The fraction of sp³-hybridized carbons (Fsp3) is 0.0465. The average molecular weight is 633 g/mol. The summed E-state index contributed by atoms with van der Waals surface area (Å²) < 4.78 is 4.90. The predicted octanol–water partition coefficient (Wildman–Crippen LogP) is 10.9. The summed E-state index contributed by atoms with van der Waals surface area (Å²) in [5.74, 6) is 2.02. The molecule has 3 aromatic heterocycles. The van der Waals surface area contributed by atoms with Gasteiger partial charge < -0.3 is 4.57 Å². The van der Waals surface area contributed by atoms with Crippen molar-refractivity contribution >= 4 is 42.4 Å². The first-order valence-electron chi connectivity index (χ1n) is 16.3. The lowest BCUT2D eigenvalue weighted by molar-refractivity contribution is 0.934. The molecule has 0 amide bonds. The van der Waals surface area contributed by atoms with Crippen molar-refractivity contribution in [2.45, 2.75) is 12.8 Å². The summed E-state index contributed by atoms with van der Waals surface area (Å²) in [5.41, 5.74) is 10.9. The fourth-order valence-electron chi connectivity index (χ4n) is 7.37. The van der Waals surface area contributed by atoms with Gasteiger partial charge >= 0.3 is 0 Å². The monoisotopic (exact) mass is 632 g/mol. The molecule has 48 heavy (non-hydrogen) atoms. The number of hydrogen-bond acceptors (Lipinski definition) is 4. The zero-order valence-electron chi connectivity index (χ0n) is 26.0. The van der Waals surface area contributed by atoms with Crippen molar-refractivity contribution in [1.82, 2.24) is 19.5 Å². The maximum Gasteiger partial charge on any atom is 0.165 e. The highest BCUT2D eigenvalue weighted by Crippen LogP contribution is 2.44. The molecule has 0 unspecified atom stereocenters. The highest BCUT2D eigenvalue weighted by Gasteiger charge is 2.25. The van der Waals surface area contributed by atoms with Crippen LogP contribution in [0.3, 0.4) is 0 Å². The molecule has 0 N–H and O–H groups in total. The van der Waals surface area contributed by atoms with Crippen molar-refractivity contribution in [2.24, 2.45) is 0 Å². The Morgan fingerprint density at radius 2 is 1.15 bits per heavy atom. The number of thiophene rings is 1. The standard InChI is InChI=1S/C43H28N4S/c1-3-13-28(14-4-1)41-44-42(29-15-5-2-6-16-29)46-43(45-41)36-20-11-19-35-33-25-23-30(26-38(33)48-40(35)36)47-37-21-10-9-18-32(37)34-24-22-27-12-7-8-17-31(27)39(34)47/h1-21,23,25-26H,22,24H2. The predicted molar refractivity (Wildman–Crippen MR) is 199 cm³/mol. The van der Waals surface area contributed by atoms with Gasteiger partial charge in [0.15, 0.2) is 17.5 Å². The van der Waals surface area contributed by atoms with Gasteiger partial charge in [-0.1, -0.05) is 121 Å². The molecule has 0 radical (unpaired) electrons. The van der Waals surface area contributed by atoms with Gasteiger partial charge in [-0.3, -0.25) is 0 Å². The van der Waals surface area contributed by atoms with Crippen LogP contribution in [0.1, 0.15) is 11.1 Å². The summed E-state index contributed by atoms with van der Waals surface area (Å²) in [6, 6.07) is 51.5. The lowest BCUT2D eigenvalue weighted by atomic mass is 9.89. The van der Waals surface area contributed by atoms with Crippen molar-refractivity contribution in [1.29, 1.82) is 0 Å². The van der Waals surface area contributed by atoms with Crippen LogP contribution in [0.25, 0.3) is 82.2 Å². The van der Waals surface area contributed by atoms with Gasteiger partial charge in [-0.05, 0) is 48.2 Å². The molecule has 10 rings (SSSR count). The number of nitrogens with zero attached hydrogens (tertiary/aromatic N) is 4.